The van der Waals surface area contributed by atoms with Crippen molar-refractivity contribution in [1.82, 2.24) is 24.8 Å². The molecule has 1 saturated heterocycles. The third-order valence-corrected chi connectivity index (χ3v) is 5.94. The van der Waals surface area contributed by atoms with E-state index in [0.29, 0.717) is 11.6 Å². The van der Waals surface area contributed by atoms with Crippen LogP contribution in [0.1, 0.15) is 23.7 Å². The Hall–Kier alpha value is -3.26. The van der Waals surface area contributed by atoms with Gasteiger partial charge in [0.15, 0.2) is 0 Å². The zero-order valence-corrected chi connectivity index (χ0v) is 18.6. The highest BCUT2D eigenvalue weighted by molar-refractivity contribution is 5.65. The van der Waals surface area contributed by atoms with Crippen LogP contribution in [0.25, 0.3) is 11.3 Å². The van der Waals surface area contributed by atoms with Gasteiger partial charge in [0.25, 0.3) is 5.56 Å². The third-order valence-electron chi connectivity index (χ3n) is 5.94. The van der Waals surface area contributed by atoms with E-state index in [0.717, 1.165) is 61.2 Å². The first-order valence-electron chi connectivity index (χ1n) is 10.7. The minimum absolute atomic E-state index is 0.225. The summed E-state index contributed by atoms with van der Waals surface area (Å²) in [7, 11) is 0. The molecule has 0 spiro atoms. The molecule has 8 nitrogen and oxygen atoms in total. The monoisotopic (exact) mass is 419 g/mol. The summed E-state index contributed by atoms with van der Waals surface area (Å²) >= 11 is 0. The number of hydrogen-bond acceptors (Lipinski definition) is 7. The van der Waals surface area contributed by atoms with Crippen molar-refractivity contribution in [3.63, 3.8) is 0 Å². The van der Waals surface area contributed by atoms with Crippen molar-refractivity contribution in [2.24, 2.45) is 0 Å². The predicted octanol–water partition coefficient (Wildman–Crippen LogP) is 3.04. The molecule has 2 N–H and O–H groups in total. The Morgan fingerprint density at radius 2 is 1.87 bits per heavy atom. The summed E-state index contributed by atoms with van der Waals surface area (Å²) in [5, 5.41) is 3.24. The van der Waals surface area contributed by atoms with Gasteiger partial charge >= 0.3 is 0 Å². The molecule has 0 bridgehead atoms. The van der Waals surface area contributed by atoms with E-state index in [9.17, 15) is 4.79 Å². The largest absolute Gasteiger partial charge is 0.338 e. The number of nitrogens with zero attached hydrogens (tertiary/aromatic N) is 5. The lowest BCUT2D eigenvalue weighted by molar-refractivity contribution is 0.270. The summed E-state index contributed by atoms with van der Waals surface area (Å²) in [4.78, 5) is 33.7. The minimum Gasteiger partial charge on any atom is -0.338 e. The first-order chi connectivity index (χ1) is 14.9. The van der Waals surface area contributed by atoms with Crippen LogP contribution >= 0.6 is 0 Å². The average molecular weight is 420 g/mol. The van der Waals surface area contributed by atoms with Gasteiger partial charge in [-0.1, -0.05) is 19.1 Å². The highest BCUT2D eigenvalue weighted by Gasteiger charge is 2.19. The molecular formula is C23H29N7O. The van der Waals surface area contributed by atoms with E-state index in [4.69, 9.17) is 4.98 Å². The smallest absolute Gasteiger partial charge is 0.252 e. The van der Waals surface area contributed by atoms with Crippen molar-refractivity contribution in [3.8, 4) is 11.3 Å². The molecule has 0 unspecified atom stereocenters. The summed E-state index contributed by atoms with van der Waals surface area (Å²) in [6, 6.07) is 7.48. The van der Waals surface area contributed by atoms with Gasteiger partial charge in [-0.3, -0.25) is 9.78 Å². The van der Waals surface area contributed by atoms with Crippen LogP contribution in [0.4, 0.5) is 17.6 Å². The molecular weight excluding hydrogens is 390 g/mol. The molecule has 0 atom stereocenters. The summed E-state index contributed by atoms with van der Waals surface area (Å²) in [6.45, 7) is 13.1. The summed E-state index contributed by atoms with van der Waals surface area (Å²) in [5.41, 5.74) is 5.08. The van der Waals surface area contributed by atoms with E-state index >= 15 is 0 Å². The molecule has 0 aliphatic carbocycles. The number of H-pyrrole nitrogens is 1. The molecule has 1 aliphatic rings. The van der Waals surface area contributed by atoms with Gasteiger partial charge < -0.3 is 15.1 Å². The number of piperazine rings is 1. The summed E-state index contributed by atoms with van der Waals surface area (Å²) in [5.74, 6) is 1.13. The first kappa shape index (κ1) is 21.0. The highest BCUT2D eigenvalue weighted by atomic mass is 16.1. The topological polar surface area (TPSA) is 90.0 Å². The quantitative estimate of drug-likeness (QED) is 0.657. The highest BCUT2D eigenvalue weighted by Crippen LogP contribution is 2.24. The van der Waals surface area contributed by atoms with Crippen LogP contribution in [0.15, 0.2) is 35.3 Å². The Bertz CT molecular complexity index is 1130. The molecule has 2 aromatic heterocycles. The van der Waals surface area contributed by atoms with Crippen LogP contribution in [0.2, 0.25) is 0 Å². The molecule has 0 saturated carbocycles. The average Bonchev–Trinajstić information content (AvgIpc) is 2.76. The zero-order chi connectivity index (χ0) is 22.0. The Morgan fingerprint density at radius 1 is 1.10 bits per heavy atom. The van der Waals surface area contributed by atoms with Crippen LogP contribution in [0.3, 0.4) is 0 Å². The van der Waals surface area contributed by atoms with Crippen molar-refractivity contribution in [1.29, 1.82) is 0 Å². The standard InChI is InChI=1S/C23H29N7O/c1-5-29-9-11-30(12-10-29)23-24-14-18(17(4)25-23)20-13-21(31)28-22(27-20)26-19-8-6-7-15(2)16(19)3/h6-8,13-14H,5,9-12H2,1-4H3,(H2,26,27,28,31). The van der Waals surface area contributed by atoms with Gasteiger partial charge in [0, 0.05) is 49.7 Å². The van der Waals surface area contributed by atoms with Gasteiger partial charge in [-0.25, -0.2) is 15.0 Å². The third kappa shape index (κ3) is 4.59. The minimum atomic E-state index is -0.225. The van der Waals surface area contributed by atoms with Crippen LogP contribution in [0.5, 0.6) is 0 Å². The fourth-order valence-electron chi connectivity index (χ4n) is 3.79. The SMILES string of the molecule is CCN1CCN(c2ncc(-c3cc(=O)[nH]c(Nc4cccc(C)c4C)n3)c(C)n2)CC1. The van der Waals surface area contributed by atoms with Crippen molar-refractivity contribution in [2.75, 3.05) is 42.9 Å². The van der Waals surface area contributed by atoms with E-state index in [1.54, 1.807) is 6.20 Å². The lowest BCUT2D eigenvalue weighted by Gasteiger charge is -2.34. The van der Waals surface area contributed by atoms with E-state index in [2.05, 4.69) is 50.0 Å². The predicted molar refractivity (Wildman–Crippen MR) is 124 cm³/mol. The molecule has 1 aliphatic heterocycles. The second-order valence-electron chi connectivity index (χ2n) is 7.94. The number of rotatable bonds is 5. The van der Waals surface area contributed by atoms with Gasteiger partial charge in [0.1, 0.15) is 0 Å². The number of aromatic amines is 1. The summed E-state index contributed by atoms with van der Waals surface area (Å²) < 4.78 is 0. The Kier molecular flexibility index (Phi) is 5.99. The molecule has 0 amide bonds. The molecule has 1 aromatic carbocycles. The Labute approximate surface area is 182 Å². The molecule has 1 fully saturated rings. The van der Waals surface area contributed by atoms with Gasteiger partial charge in [-0.05, 0) is 44.5 Å². The van der Waals surface area contributed by atoms with Gasteiger partial charge in [0.05, 0.1) is 11.4 Å². The van der Waals surface area contributed by atoms with Crippen molar-refractivity contribution in [3.05, 3.63) is 57.6 Å². The van der Waals surface area contributed by atoms with Crippen molar-refractivity contribution < 1.29 is 0 Å². The number of likely N-dealkylation sites (N-methyl/N-ethyl adjacent to an activating group) is 1. The van der Waals surface area contributed by atoms with Crippen molar-refractivity contribution >= 4 is 17.6 Å². The normalized spacial score (nSPS) is 14.6. The Morgan fingerprint density at radius 3 is 2.58 bits per heavy atom. The maximum Gasteiger partial charge on any atom is 0.252 e. The summed E-state index contributed by atoms with van der Waals surface area (Å²) in [6.07, 6.45) is 1.77. The number of hydrogen-bond donors (Lipinski definition) is 2. The van der Waals surface area contributed by atoms with E-state index < -0.39 is 0 Å². The van der Waals surface area contributed by atoms with Crippen LogP contribution in [-0.2, 0) is 0 Å². The lowest BCUT2D eigenvalue weighted by Crippen LogP contribution is -2.46. The second kappa shape index (κ2) is 8.85. The number of aryl methyl sites for hydroxylation is 2. The second-order valence-corrected chi connectivity index (χ2v) is 7.94. The molecule has 4 rings (SSSR count). The van der Waals surface area contributed by atoms with Gasteiger partial charge in [-0.15, -0.1) is 0 Å². The van der Waals surface area contributed by atoms with Gasteiger partial charge in [-0.2, -0.15) is 0 Å². The van der Waals surface area contributed by atoms with Crippen LogP contribution in [-0.4, -0.2) is 57.6 Å². The Balaban J connectivity index is 1.59. The first-order valence-corrected chi connectivity index (χ1v) is 10.7. The van der Waals surface area contributed by atoms with Gasteiger partial charge in [0.2, 0.25) is 11.9 Å². The van der Waals surface area contributed by atoms with Crippen LogP contribution < -0.4 is 15.8 Å². The molecule has 162 valence electrons. The van der Waals surface area contributed by atoms with E-state index in [1.807, 2.05) is 26.0 Å². The maximum atomic E-state index is 12.3. The molecule has 3 heterocycles. The van der Waals surface area contributed by atoms with Crippen LogP contribution in [0, 0.1) is 20.8 Å². The molecule has 3 aromatic rings. The number of anilines is 3. The number of aromatic nitrogens is 4. The molecule has 8 heteroatoms. The molecule has 31 heavy (non-hydrogen) atoms. The zero-order valence-electron chi connectivity index (χ0n) is 18.6. The molecule has 0 radical (unpaired) electrons. The fraction of sp³-hybridized carbons (Fsp3) is 0.391. The lowest BCUT2D eigenvalue weighted by atomic mass is 10.1. The van der Waals surface area contributed by atoms with E-state index in [1.165, 1.54) is 11.6 Å². The van der Waals surface area contributed by atoms with E-state index in [-0.39, 0.29) is 5.56 Å². The number of nitrogens with one attached hydrogen (secondary N) is 2. The number of benzene rings is 1. The fourth-order valence-corrected chi connectivity index (χ4v) is 3.79. The maximum absolute atomic E-state index is 12.3. The van der Waals surface area contributed by atoms with Crippen molar-refractivity contribution in [2.45, 2.75) is 27.7 Å².